The molecule has 0 saturated carbocycles. The Bertz CT molecular complexity index is 1170. The number of ether oxygens (including phenoxy) is 2. The van der Waals surface area contributed by atoms with Crippen molar-refractivity contribution in [3.63, 3.8) is 0 Å². The molecule has 0 radical (unpaired) electrons. The van der Waals surface area contributed by atoms with Crippen LogP contribution in [0.5, 0.6) is 11.5 Å². The van der Waals surface area contributed by atoms with Gasteiger partial charge in [-0.25, -0.2) is 4.98 Å². The molecule has 0 atom stereocenters. The van der Waals surface area contributed by atoms with Crippen LogP contribution in [-0.4, -0.2) is 18.0 Å². The van der Waals surface area contributed by atoms with Gasteiger partial charge in [0.2, 0.25) is 12.7 Å². The third kappa shape index (κ3) is 3.19. The Morgan fingerprint density at radius 1 is 0.926 bits per heavy atom. The van der Waals surface area contributed by atoms with Crippen LogP contribution in [0.4, 0.5) is 5.69 Å². The predicted molar refractivity (Wildman–Crippen MR) is 107 cm³/mol. The van der Waals surface area contributed by atoms with Gasteiger partial charge in [-0.2, -0.15) is 0 Å². The lowest BCUT2D eigenvalue weighted by Gasteiger charge is -1.97. The minimum atomic E-state index is 0.263. The molecule has 0 amide bonds. The number of benzene rings is 3. The van der Waals surface area contributed by atoms with Crippen LogP contribution >= 0.6 is 15.9 Å². The number of hydrogen-bond donors (Lipinski definition) is 0. The minimum absolute atomic E-state index is 0.263. The summed E-state index contributed by atoms with van der Waals surface area (Å²) >= 11 is 3.43. The van der Waals surface area contributed by atoms with E-state index in [4.69, 9.17) is 13.9 Å². The standard InChI is InChI=1S/C21H13BrN2O3/c22-15-4-2-14(3-5-15)21-24-17-10-16(6-8-18(17)27-21)23-11-13-1-7-19-20(9-13)26-12-25-19/h1-11H,12H2. The van der Waals surface area contributed by atoms with E-state index in [2.05, 4.69) is 25.9 Å². The molecule has 3 aromatic carbocycles. The van der Waals surface area contributed by atoms with Gasteiger partial charge in [0.05, 0.1) is 5.69 Å². The van der Waals surface area contributed by atoms with Crippen molar-refractivity contribution in [2.45, 2.75) is 0 Å². The first-order valence-corrected chi connectivity index (χ1v) is 9.14. The molecular weight excluding hydrogens is 408 g/mol. The fraction of sp³-hybridized carbons (Fsp3) is 0.0476. The van der Waals surface area contributed by atoms with Gasteiger partial charge >= 0.3 is 0 Å². The summed E-state index contributed by atoms with van der Waals surface area (Å²) in [6.07, 6.45) is 1.79. The number of hydrogen-bond acceptors (Lipinski definition) is 5. The first-order valence-electron chi connectivity index (χ1n) is 8.35. The number of oxazole rings is 1. The maximum atomic E-state index is 5.85. The Morgan fingerprint density at radius 2 is 1.78 bits per heavy atom. The molecule has 27 heavy (non-hydrogen) atoms. The van der Waals surface area contributed by atoms with Crippen molar-refractivity contribution in [2.75, 3.05) is 6.79 Å². The molecule has 6 heteroatoms. The van der Waals surface area contributed by atoms with Crippen molar-refractivity contribution in [1.29, 1.82) is 0 Å². The SMILES string of the molecule is Brc1ccc(-c2nc3cc(N=Cc4ccc5c(c4)OCO5)ccc3o2)cc1. The highest BCUT2D eigenvalue weighted by molar-refractivity contribution is 9.10. The Hall–Kier alpha value is -3.12. The highest BCUT2D eigenvalue weighted by Gasteiger charge is 2.12. The van der Waals surface area contributed by atoms with Crippen molar-refractivity contribution in [3.05, 3.63) is 70.7 Å². The normalized spacial score (nSPS) is 12.9. The molecule has 5 nitrogen and oxygen atoms in total. The van der Waals surface area contributed by atoms with Gasteiger partial charge in [0, 0.05) is 16.3 Å². The number of nitrogens with zero attached hydrogens (tertiary/aromatic N) is 2. The van der Waals surface area contributed by atoms with Crippen LogP contribution < -0.4 is 9.47 Å². The van der Waals surface area contributed by atoms with Crippen LogP contribution in [0, 0.1) is 0 Å². The molecule has 0 bridgehead atoms. The average Bonchev–Trinajstić information content (AvgIpc) is 3.32. The molecule has 0 saturated heterocycles. The number of halogens is 1. The van der Waals surface area contributed by atoms with E-state index in [9.17, 15) is 0 Å². The molecule has 1 aliphatic heterocycles. The van der Waals surface area contributed by atoms with Crippen molar-refractivity contribution >= 4 is 38.9 Å². The zero-order valence-corrected chi connectivity index (χ0v) is 15.6. The lowest BCUT2D eigenvalue weighted by Crippen LogP contribution is -1.92. The van der Waals surface area contributed by atoms with Crippen LogP contribution in [0.2, 0.25) is 0 Å². The van der Waals surface area contributed by atoms with Gasteiger partial charge in [-0.05, 0) is 66.2 Å². The fourth-order valence-electron chi connectivity index (χ4n) is 2.85. The molecule has 5 rings (SSSR count). The lowest BCUT2D eigenvalue weighted by molar-refractivity contribution is 0.174. The zero-order chi connectivity index (χ0) is 18.2. The van der Waals surface area contributed by atoms with Gasteiger partial charge in [0.1, 0.15) is 5.52 Å². The summed E-state index contributed by atoms with van der Waals surface area (Å²) in [5, 5.41) is 0. The highest BCUT2D eigenvalue weighted by atomic mass is 79.9. The molecule has 0 spiro atoms. The maximum absolute atomic E-state index is 5.85. The van der Waals surface area contributed by atoms with Crippen LogP contribution in [0.25, 0.3) is 22.6 Å². The van der Waals surface area contributed by atoms with E-state index in [1.165, 1.54) is 0 Å². The topological polar surface area (TPSA) is 56.9 Å². The largest absolute Gasteiger partial charge is 0.454 e. The van der Waals surface area contributed by atoms with Gasteiger partial charge in [-0.1, -0.05) is 15.9 Å². The summed E-state index contributed by atoms with van der Waals surface area (Å²) in [6.45, 7) is 0.263. The molecule has 2 heterocycles. The van der Waals surface area contributed by atoms with Crippen molar-refractivity contribution < 1.29 is 13.9 Å². The maximum Gasteiger partial charge on any atom is 0.231 e. The molecule has 0 fully saturated rings. The molecule has 132 valence electrons. The van der Waals surface area contributed by atoms with E-state index >= 15 is 0 Å². The molecule has 1 aliphatic rings. The molecule has 0 unspecified atom stereocenters. The van der Waals surface area contributed by atoms with Crippen LogP contribution in [-0.2, 0) is 0 Å². The lowest BCUT2D eigenvalue weighted by atomic mass is 10.2. The summed E-state index contributed by atoms with van der Waals surface area (Å²) in [7, 11) is 0. The monoisotopic (exact) mass is 420 g/mol. The van der Waals surface area contributed by atoms with Gasteiger partial charge in [0.25, 0.3) is 0 Å². The van der Waals surface area contributed by atoms with E-state index < -0.39 is 0 Å². The van der Waals surface area contributed by atoms with Crippen molar-refractivity contribution in [2.24, 2.45) is 4.99 Å². The van der Waals surface area contributed by atoms with Crippen LogP contribution in [0.3, 0.4) is 0 Å². The predicted octanol–water partition coefficient (Wildman–Crippen LogP) is 5.74. The van der Waals surface area contributed by atoms with E-state index in [0.717, 1.165) is 43.9 Å². The number of rotatable bonds is 3. The van der Waals surface area contributed by atoms with E-state index in [0.29, 0.717) is 5.89 Å². The first-order chi connectivity index (χ1) is 13.2. The highest BCUT2D eigenvalue weighted by Crippen LogP contribution is 2.32. The summed E-state index contributed by atoms with van der Waals surface area (Å²) in [5.41, 5.74) is 4.17. The van der Waals surface area contributed by atoms with Crippen LogP contribution in [0.15, 0.2) is 74.5 Å². The third-order valence-corrected chi connectivity index (χ3v) is 4.75. The summed E-state index contributed by atoms with van der Waals surface area (Å²) in [6, 6.07) is 19.3. The summed E-state index contributed by atoms with van der Waals surface area (Å²) < 4.78 is 17.6. The molecule has 1 aromatic heterocycles. The van der Waals surface area contributed by atoms with E-state index in [-0.39, 0.29) is 6.79 Å². The second-order valence-corrected chi connectivity index (χ2v) is 6.96. The smallest absolute Gasteiger partial charge is 0.231 e. The fourth-order valence-corrected chi connectivity index (χ4v) is 3.12. The Morgan fingerprint density at radius 3 is 2.67 bits per heavy atom. The van der Waals surface area contributed by atoms with Crippen molar-refractivity contribution in [3.8, 4) is 23.0 Å². The van der Waals surface area contributed by atoms with E-state index in [1.54, 1.807) is 6.21 Å². The summed E-state index contributed by atoms with van der Waals surface area (Å²) in [4.78, 5) is 9.12. The minimum Gasteiger partial charge on any atom is -0.454 e. The molecular formula is C21H13BrN2O3. The number of fused-ring (bicyclic) bond motifs is 2. The number of aliphatic imine (C=N–C) groups is 1. The first kappa shape index (κ1) is 16.1. The van der Waals surface area contributed by atoms with E-state index in [1.807, 2.05) is 60.7 Å². The van der Waals surface area contributed by atoms with Gasteiger partial charge in [0.15, 0.2) is 17.1 Å². The molecule has 0 N–H and O–H groups in total. The Labute approximate surface area is 163 Å². The second kappa shape index (κ2) is 6.55. The third-order valence-electron chi connectivity index (χ3n) is 4.22. The zero-order valence-electron chi connectivity index (χ0n) is 14.1. The van der Waals surface area contributed by atoms with Crippen molar-refractivity contribution in [1.82, 2.24) is 4.98 Å². The Kier molecular flexibility index (Phi) is 3.90. The molecule has 0 aliphatic carbocycles. The quantitative estimate of drug-likeness (QED) is 0.396. The van der Waals surface area contributed by atoms with Gasteiger partial charge in [-0.15, -0.1) is 0 Å². The molecule has 4 aromatic rings. The average molecular weight is 421 g/mol. The Balaban J connectivity index is 1.43. The van der Waals surface area contributed by atoms with Gasteiger partial charge < -0.3 is 13.9 Å². The number of aromatic nitrogens is 1. The second-order valence-electron chi connectivity index (χ2n) is 6.05. The summed E-state index contributed by atoms with van der Waals surface area (Å²) in [5.74, 6) is 2.09. The van der Waals surface area contributed by atoms with Gasteiger partial charge in [-0.3, -0.25) is 4.99 Å². The van der Waals surface area contributed by atoms with Crippen LogP contribution in [0.1, 0.15) is 5.56 Å².